The number of aromatic nitrogens is 1. The summed E-state index contributed by atoms with van der Waals surface area (Å²) in [7, 11) is 0. The molecule has 6 nitrogen and oxygen atoms in total. The first kappa shape index (κ1) is 14.9. The number of Topliss-reactive ketones (excluding diaryl/α,β-unsaturated/α-hetero) is 1. The lowest BCUT2D eigenvalue weighted by atomic mass is 10.0. The summed E-state index contributed by atoms with van der Waals surface area (Å²) < 4.78 is 5.57. The monoisotopic (exact) mass is 347 g/mol. The van der Waals surface area contributed by atoms with Gasteiger partial charge in [-0.3, -0.25) is 9.59 Å². The molecule has 0 saturated carbocycles. The molecule has 1 N–H and O–H groups in total. The number of ketones is 1. The van der Waals surface area contributed by atoms with Crippen LogP contribution in [-0.2, 0) is 4.79 Å². The molecule has 0 radical (unpaired) electrons. The standard InChI is InChI=1S/C14H10BrN3O3/c1-8-12(17-7-21-8)13(19)9(6-16)14(20)18-11-5-3-2-4-10(11)15/h2-5,7,9H,1H3,(H,18,20)/t9-/m0/s1. The number of para-hydroxylation sites is 1. The fourth-order valence-electron chi connectivity index (χ4n) is 1.68. The number of benzene rings is 1. The number of aryl methyl sites for hydroxylation is 1. The SMILES string of the molecule is Cc1ocnc1C(=O)[C@H](C#N)C(=O)Nc1ccccc1Br. The zero-order chi connectivity index (χ0) is 15.4. The van der Waals surface area contributed by atoms with Crippen LogP contribution in [0.15, 0.2) is 39.5 Å². The van der Waals surface area contributed by atoms with Gasteiger partial charge in [0.1, 0.15) is 11.5 Å². The van der Waals surface area contributed by atoms with Gasteiger partial charge in [-0.1, -0.05) is 12.1 Å². The van der Waals surface area contributed by atoms with E-state index in [1.807, 2.05) is 0 Å². The molecule has 2 rings (SSSR count). The van der Waals surface area contributed by atoms with E-state index in [1.165, 1.54) is 0 Å². The minimum atomic E-state index is -1.49. The van der Waals surface area contributed by atoms with Crippen molar-refractivity contribution in [2.24, 2.45) is 5.92 Å². The molecule has 7 heteroatoms. The van der Waals surface area contributed by atoms with Gasteiger partial charge in [0.2, 0.25) is 11.7 Å². The highest BCUT2D eigenvalue weighted by molar-refractivity contribution is 9.10. The first-order chi connectivity index (χ1) is 10.0. The molecular formula is C14H10BrN3O3. The predicted octanol–water partition coefficient (Wildman–Crippen LogP) is 2.71. The summed E-state index contributed by atoms with van der Waals surface area (Å²) >= 11 is 3.27. The van der Waals surface area contributed by atoms with Crippen LogP contribution in [0.1, 0.15) is 16.2 Å². The first-order valence-electron chi connectivity index (χ1n) is 5.94. The van der Waals surface area contributed by atoms with Crippen molar-refractivity contribution in [2.45, 2.75) is 6.92 Å². The van der Waals surface area contributed by atoms with Gasteiger partial charge in [0.15, 0.2) is 12.3 Å². The van der Waals surface area contributed by atoms with Crippen LogP contribution < -0.4 is 5.32 Å². The van der Waals surface area contributed by atoms with Crippen LogP contribution >= 0.6 is 15.9 Å². The Kier molecular flexibility index (Phi) is 4.50. The molecular weight excluding hydrogens is 338 g/mol. The summed E-state index contributed by atoms with van der Waals surface area (Å²) in [5, 5.41) is 11.6. The minimum Gasteiger partial charge on any atom is -0.448 e. The number of nitrogens with zero attached hydrogens (tertiary/aromatic N) is 2. The normalized spacial score (nSPS) is 11.5. The molecule has 106 valence electrons. The third-order valence-corrected chi connectivity index (χ3v) is 3.45. The number of carbonyl (C=O) groups is 2. The molecule has 0 aliphatic carbocycles. The number of hydrogen-bond acceptors (Lipinski definition) is 5. The molecule has 0 spiro atoms. The molecule has 0 bridgehead atoms. The quantitative estimate of drug-likeness (QED) is 0.677. The second-order valence-corrected chi connectivity index (χ2v) is 5.01. The van der Waals surface area contributed by atoms with Crippen LogP contribution in [0.4, 0.5) is 5.69 Å². The molecule has 21 heavy (non-hydrogen) atoms. The predicted molar refractivity (Wildman–Crippen MR) is 77.4 cm³/mol. The lowest BCUT2D eigenvalue weighted by Crippen LogP contribution is -2.29. The van der Waals surface area contributed by atoms with Crippen molar-refractivity contribution in [3.8, 4) is 6.07 Å². The molecule has 0 aliphatic rings. The van der Waals surface area contributed by atoms with E-state index < -0.39 is 17.6 Å². The average molecular weight is 348 g/mol. The third-order valence-electron chi connectivity index (χ3n) is 2.76. The van der Waals surface area contributed by atoms with Gasteiger partial charge in [-0.15, -0.1) is 0 Å². The Labute approximate surface area is 128 Å². The zero-order valence-electron chi connectivity index (χ0n) is 11.0. The third kappa shape index (κ3) is 3.17. The summed E-state index contributed by atoms with van der Waals surface area (Å²) in [6.45, 7) is 1.54. The number of amides is 1. The number of oxazole rings is 1. The van der Waals surface area contributed by atoms with Crippen molar-refractivity contribution < 1.29 is 14.0 Å². The van der Waals surface area contributed by atoms with E-state index in [9.17, 15) is 9.59 Å². The fraction of sp³-hybridized carbons (Fsp3) is 0.143. The average Bonchev–Trinajstić information content (AvgIpc) is 2.88. The summed E-state index contributed by atoms with van der Waals surface area (Å²) in [5.74, 6) is -2.61. The van der Waals surface area contributed by atoms with Crippen molar-refractivity contribution in [1.82, 2.24) is 4.98 Å². The highest BCUT2D eigenvalue weighted by atomic mass is 79.9. The van der Waals surface area contributed by atoms with Gasteiger partial charge in [-0.25, -0.2) is 4.98 Å². The van der Waals surface area contributed by atoms with Crippen molar-refractivity contribution in [1.29, 1.82) is 5.26 Å². The van der Waals surface area contributed by atoms with Crippen molar-refractivity contribution in [3.05, 3.63) is 46.6 Å². The van der Waals surface area contributed by atoms with Crippen molar-refractivity contribution >= 4 is 33.3 Å². The van der Waals surface area contributed by atoms with Crippen LogP contribution in [0.2, 0.25) is 0 Å². The maximum atomic E-state index is 12.2. The van der Waals surface area contributed by atoms with E-state index in [0.29, 0.717) is 10.2 Å². The van der Waals surface area contributed by atoms with Gasteiger partial charge in [-0.2, -0.15) is 5.26 Å². The van der Waals surface area contributed by atoms with E-state index in [1.54, 1.807) is 37.3 Å². The molecule has 0 unspecified atom stereocenters. The first-order valence-corrected chi connectivity index (χ1v) is 6.73. The van der Waals surface area contributed by atoms with Gasteiger partial charge >= 0.3 is 0 Å². The fourth-order valence-corrected chi connectivity index (χ4v) is 2.07. The van der Waals surface area contributed by atoms with Crippen LogP contribution in [-0.4, -0.2) is 16.7 Å². The number of halogens is 1. The van der Waals surface area contributed by atoms with E-state index in [2.05, 4.69) is 26.2 Å². The largest absolute Gasteiger partial charge is 0.448 e. The second kappa shape index (κ2) is 6.33. The molecule has 1 heterocycles. The number of hydrogen-bond donors (Lipinski definition) is 1. The molecule has 0 fully saturated rings. The zero-order valence-corrected chi connectivity index (χ0v) is 12.5. The van der Waals surface area contributed by atoms with E-state index >= 15 is 0 Å². The van der Waals surface area contributed by atoms with Gasteiger partial charge in [0.25, 0.3) is 0 Å². The summed E-state index contributed by atoms with van der Waals surface area (Å²) in [6.07, 6.45) is 1.10. The summed E-state index contributed by atoms with van der Waals surface area (Å²) in [5.41, 5.74) is 0.469. The van der Waals surface area contributed by atoms with Gasteiger partial charge in [0, 0.05) is 4.47 Å². The molecule has 2 aromatic rings. The summed E-state index contributed by atoms with van der Waals surface area (Å²) in [6, 6.07) is 8.60. The number of anilines is 1. The maximum Gasteiger partial charge on any atom is 0.249 e. The lowest BCUT2D eigenvalue weighted by Gasteiger charge is -2.10. The molecule has 1 aromatic carbocycles. The Morgan fingerprint density at radius 3 is 2.71 bits per heavy atom. The number of rotatable bonds is 4. The number of nitrogens with one attached hydrogen (secondary N) is 1. The van der Waals surface area contributed by atoms with Gasteiger partial charge in [-0.05, 0) is 35.0 Å². The molecule has 1 amide bonds. The second-order valence-electron chi connectivity index (χ2n) is 4.15. The maximum absolute atomic E-state index is 12.2. The van der Waals surface area contributed by atoms with Crippen molar-refractivity contribution in [3.63, 3.8) is 0 Å². The molecule has 1 atom stereocenters. The van der Waals surface area contributed by atoms with Crippen LogP contribution in [0.5, 0.6) is 0 Å². The van der Waals surface area contributed by atoms with E-state index in [0.717, 1.165) is 6.39 Å². The number of carbonyl (C=O) groups excluding carboxylic acids is 2. The Bertz CT molecular complexity index is 733. The van der Waals surface area contributed by atoms with E-state index in [4.69, 9.17) is 9.68 Å². The molecule has 0 saturated heterocycles. The molecule has 1 aromatic heterocycles. The molecule has 0 aliphatic heterocycles. The Morgan fingerprint density at radius 2 is 2.14 bits per heavy atom. The highest BCUT2D eigenvalue weighted by Crippen LogP contribution is 2.22. The minimum absolute atomic E-state index is 0.0103. The van der Waals surface area contributed by atoms with Crippen LogP contribution in [0.25, 0.3) is 0 Å². The van der Waals surface area contributed by atoms with Crippen molar-refractivity contribution in [2.75, 3.05) is 5.32 Å². The Morgan fingerprint density at radius 1 is 1.43 bits per heavy atom. The Hall–Kier alpha value is -2.46. The highest BCUT2D eigenvalue weighted by Gasteiger charge is 2.31. The van der Waals surface area contributed by atoms with Gasteiger partial charge < -0.3 is 9.73 Å². The van der Waals surface area contributed by atoms with Crippen LogP contribution in [0.3, 0.4) is 0 Å². The van der Waals surface area contributed by atoms with E-state index in [-0.39, 0.29) is 11.5 Å². The van der Waals surface area contributed by atoms with Gasteiger partial charge in [0.05, 0.1) is 11.8 Å². The number of nitriles is 1. The Balaban J connectivity index is 2.21. The summed E-state index contributed by atoms with van der Waals surface area (Å²) in [4.78, 5) is 28.0. The lowest BCUT2D eigenvalue weighted by molar-refractivity contribution is -0.117. The van der Waals surface area contributed by atoms with Crippen LogP contribution in [0, 0.1) is 24.2 Å². The topological polar surface area (TPSA) is 96.0 Å². The smallest absolute Gasteiger partial charge is 0.249 e.